The number of rotatable bonds is 3. The molecule has 1 aromatic heterocycles. The molecule has 130 valence electrons. The third-order valence-electron chi connectivity index (χ3n) is 4.11. The van der Waals surface area contributed by atoms with E-state index in [9.17, 15) is 22.4 Å². The Kier molecular flexibility index (Phi) is 4.60. The van der Waals surface area contributed by atoms with Gasteiger partial charge in [-0.15, -0.1) is 0 Å². The van der Waals surface area contributed by atoms with Gasteiger partial charge in [0.2, 0.25) is 0 Å². The zero-order valence-corrected chi connectivity index (χ0v) is 12.9. The van der Waals surface area contributed by atoms with Gasteiger partial charge in [0.05, 0.1) is 6.54 Å². The van der Waals surface area contributed by atoms with Crippen molar-refractivity contribution in [3.63, 3.8) is 0 Å². The van der Waals surface area contributed by atoms with Gasteiger partial charge in [-0.2, -0.15) is 13.2 Å². The van der Waals surface area contributed by atoms with Crippen molar-refractivity contribution in [2.24, 2.45) is 0 Å². The van der Waals surface area contributed by atoms with Crippen molar-refractivity contribution < 1.29 is 17.6 Å². The first-order valence-electron chi connectivity index (χ1n) is 7.63. The van der Waals surface area contributed by atoms with Crippen LogP contribution in [0, 0.1) is 5.82 Å². The molecule has 3 rings (SSSR count). The number of aromatic amines is 1. The third kappa shape index (κ3) is 4.12. The van der Waals surface area contributed by atoms with Gasteiger partial charge in [-0.1, -0.05) is 0 Å². The molecule has 8 heteroatoms. The maximum Gasteiger partial charge on any atom is 0.401 e. The number of piperazine rings is 1. The van der Waals surface area contributed by atoms with Gasteiger partial charge < -0.3 is 4.98 Å². The van der Waals surface area contributed by atoms with Gasteiger partial charge in [0.1, 0.15) is 5.82 Å². The molecule has 2 heterocycles. The average Bonchev–Trinajstić information content (AvgIpc) is 2.49. The molecular weight excluding hydrogens is 326 g/mol. The van der Waals surface area contributed by atoms with Crippen molar-refractivity contribution >= 4 is 10.9 Å². The Bertz CT molecular complexity index is 779. The second-order valence-electron chi connectivity index (χ2n) is 6.02. The highest BCUT2D eigenvalue weighted by Crippen LogP contribution is 2.18. The van der Waals surface area contributed by atoms with Gasteiger partial charge in [0.15, 0.2) is 5.43 Å². The van der Waals surface area contributed by atoms with Crippen molar-refractivity contribution in [3.8, 4) is 0 Å². The Morgan fingerprint density at radius 1 is 1.04 bits per heavy atom. The molecule has 4 nitrogen and oxygen atoms in total. The smallest absolute Gasteiger partial charge is 0.357 e. The molecule has 0 amide bonds. The number of alkyl halides is 3. The Labute approximate surface area is 135 Å². The van der Waals surface area contributed by atoms with E-state index >= 15 is 0 Å². The monoisotopic (exact) mass is 343 g/mol. The highest BCUT2D eigenvalue weighted by Gasteiger charge is 2.32. The number of aromatic nitrogens is 1. The van der Waals surface area contributed by atoms with Crippen LogP contribution in [0.15, 0.2) is 29.1 Å². The first kappa shape index (κ1) is 16.9. The van der Waals surface area contributed by atoms with Crippen LogP contribution >= 0.6 is 0 Å². The summed E-state index contributed by atoms with van der Waals surface area (Å²) >= 11 is 0. The van der Waals surface area contributed by atoms with Crippen molar-refractivity contribution in [3.05, 3.63) is 46.0 Å². The summed E-state index contributed by atoms with van der Waals surface area (Å²) < 4.78 is 50.3. The number of nitrogens with one attached hydrogen (secondary N) is 1. The van der Waals surface area contributed by atoms with E-state index < -0.39 is 18.5 Å². The van der Waals surface area contributed by atoms with Gasteiger partial charge in [0.25, 0.3) is 0 Å². The summed E-state index contributed by atoms with van der Waals surface area (Å²) in [4.78, 5) is 18.5. The summed E-state index contributed by atoms with van der Waals surface area (Å²) in [6.07, 6.45) is -4.18. The number of hydrogen-bond acceptors (Lipinski definition) is 3. The zero-order valence-electron chi connectivity index (χ0n) is 12.9. The minimum atomic E-state index is -4.18. The predicted molar refractivity (Wildman–Crippen MR) is 82.3 cm³/mol. The fourth-order valence-electron chi connectivity index (χ4n) is 2.96. The van der Waals surface area contributed by atoms with E-state index in [1.54, 1.807) is 0 Å². The molecule has 1 aliphatic heterocycles. The topological polar surface area (TPSA) is 39.3 Å². The first-order chi connectivity index (χ1) is 11.3. The number of benzene rings is 1. The molecule has 1 saturated heterocycles. The molecule has 1 N–H and O–H groups in total. The first-order valence-corrected chi connectivity index (χ1v) is 7.63. The molecule has 0 atom stereocenters. The molecule has 0 radical (unpaired) electrons. The van der Waals surface area contributed by atoms with Crippen LogP contribution in [0.1, 0.15) is 5.69 Å². The van der Waals surface area contributed by atoms with Crippen LogP contribution in [0.3, 0.4) is 0 Å². The lowest BCUT2D eigenvalue weighted by molar-refractivity contribution is -0.149. The summed E-state index contributed by atoms with van der Waals surface area (Å²) in [6.45, 7) is 1.23. The summed E-state index contributed by atoms with van der Waals surface area (Å²) in [5.41, 5.74) is 0.951. The largest absolute Gasteiger partial charge is 0.401 e. The second kappa shape index (κ2) is 6.52. The van der Waals surface area contributed by atoms with Gasteiger partial charge in [-0.3, -0.25) is 14.6 Å². The molecule has 0 spiro atoms. The Hall–Kier alpha value is -1.93. The van der Waals surface area contributed by atoms with Crippen LogP contribution in [0.5, 0.6) is 0 Å². The van der Waals surface area contributed by atoms with Crippen molar-refractivity contribution in [1.82, 2.24) is 14.8 Å². The number of fused-ring (bicyclic) bond motifs is 1. The average molecular weight is 343 g/mol. The number of nitrogens with zero attached hydrogens (tertiary/aromatic N) is 2. The molecule has 0 bridgehead atoms. The summed E-state index contributed by atoms with van der Waals surface area (Å²) in [5.74, 6) is -0.471. The van der Waals surface area contributed by atoms with E-state index in [0.29, 0.717) is 43.9 Å². The number of H-pyrrole nitrogens is 1. The quantitative estimate of drug-likeness (QED) is 0.870. The van der Waals surface area contributed by atoms with E-state index in [1.807, 2.05) is 4.90 Å². The minimum absolute atomic E-state index is 0.269. The summed E-state index contributed by atoms with van der Waals surface area (Å²) in [5, 5.41) is 0.286. The molecular formula is C16H17F4N3O. The molecule has 2 aromatic rings. The van der Waals surface area contributed by atoms with Crippen molar-refractivity contribution in [2.45, 2.75) is 12.7 Å². The lowest BCUT2D eigenvalue weighted by atomic mass is 10.2. The Morgan fingerprint density at radius 2 is 1.71 bits per heavy atom. The van der Waals surface area contributed by atoms with Gasteiger partial charge in [-0.05, 0) is 18.2 Å². The van der Waals surface area contributed by atoms with Crippen LogP contribution in [0.2, 0.25) is 0 Å². The van der Waals surface area contributed by atoms with Gasteiger partial charge in [-0.25, -0.2) is 4.39 Å². The fraction of sp³-hybridized carbons (Fsp3) is 0.438. The lowest BCUT2D eigenvalue weighted by Gasteiger charge is -2.34. The molecule has 0 aliphatic carbocycles. The predicted octanol–water partition coefficient (Wildman–Crippen LogP) is 2.35. The van der Waals surface area contributed by atoms with Crippen LogP contribution in [-0.4, -0.2) is 53.7 Å². The summed E-state index contributed by atoms with van der Waals surface area (Å²) in [6, 6.07) is 5.40. The molecule has 1 aliphatic rings. The Morgan fingerprint density at radius 3 is 2.38 bits per heavy atom. The molecule has 0 unspecified atom stereocenters. The van der Waals surface area contributed by atoms with Crippen LogP contribution in [0.25, 0.3) is 10.9 Å². The van der Waals surface area contributed by atoms with E-state index in [-0.39, 0.29) is 10.8 Å². The maximum atomic E-state index is 13.2. The normalized spacial score (nSPS) is 17.5. The third-order valence-corrected chi connectivity index (χ3v) is 4.11. The van der Waals surface area contributed by atoms with E-state index in [4.69, 9.17) is 0 Å². The Balaban J connectivity index is 1.66. The van der Waals surface area contributed by atoms with E-state index in [0.717, 1.165) is 0 Å². The highest BCUT2D eigenvalue weighted by atomic mass is 19.4. The molecule has 24 heavy (non-hydrogen) atoms. The van der Waals surface area contributed by atoms with Crippen molar-refractivity contribution in [2.75, 3.05) is 32.7 Å². The van der Waals surface area contributed by atoms with Gasteiger partial charge in [0, 0.05) is 55.4 Å². The SMILES string of the molecule is O=c1cc(CN2CCN(CC(F)(F)F)CC2)[nH]c2ccc(F)cc12. The van der Waals surface area contributed by atoms with Crippen LogP contribution in [-0.2, 0) is 6.54 Å². The maximum absolute atomic E-state index is 13.2. The van der Waals surface area contributed by atoms with Crippen LogP contribution in [0.4, 0.5) is 17.6 Å². The minimum Gasteiger partial charge on any atom is -0.357 e. The standard InChI is InChI=1S/C16H17F4N3O/c17-11-1-2-14-13(7-11)15(24)8-12(21-14)9-22-3-5-23(6-4-22)10-16(18,19)20/h1-2,7-8H,3-6,9-10H2,(H,21,24). The lowest BCUT2D eigenvalue weighted by Crippen LogP contribution is -2.48. The highest BCUT2D eigenvalue weighted by molar-refractivity contribution is 5.78. The zero-order chi connectivity index (χ0) is 17.3. The number of hydrogen-bond donors (Lipinski definition) is 1. The second-order valence-corrected chi connectivity index (χ2v) is 6.02. The number of halogens is 4. The van der Waals surface area contributed by atoms with E-state index in [2.05, 4.69) is 4.98 Å². The molecule has 1 fully saturated rings. The molecule has 1 aromatic carbocycles. The molecule has 0 saturated carbocycles. The van der Waals surface area contributed by atoms with Gasteiger partial charge >= 0.3 is 6.18 Å². The van der Waals surface area contributed by atoms with E-state index in [1.165, 1.54) is 29.2 Å². The fourth-order valence-corrected chi connectivity index (χ4v) is 2.96. The van der Waals surface area contributed by atoms with Crippen LogP contribution < -0.4 is 5.43 Å². The summed E-state index contributed by atoms with van der Waals surface area (Å²) in [7, 11) is 0. The number of pyridine rings is 1. The van der Waals surface area contributed by atoms with Crippen molar-refractivity contribution in [1.29, 1.82) is 0 Å².